The van der Waals surface area contributed by atoms with E-state index < -0.39 is 0 Å². The van der Waals surface area contributed by atoms with Crippen molar-refractivity contribution in [3.63, 3.8) is 0 Å². The molecule has 82 valence electrons. The third kappa shape index (κ3) is 2.26. The molecule has 0 aliphatic heterocycles. The molecule has 0 bridgehead atoms. The van der Waals surface area contributed by atoms with E-state index in [0.717, 1.165) is 17.9 Å². The highest BCUT2D eigenvalue weighted by atomic mass is 32.1. The van der Waals surface area contributed by atoms with E-state index >= 15 is 0 Å². The lowest BCUT2D eigenvalue weighted by atomic mass is 10.1. The molecule has 2 heteroatoms. The van der Waals surface area contributed by atoms with Gasteiger partial charge in [-0.05, 0) is 55.9 Å². The van der Waals surface area contributed by atoms with Gasteiger partial charge in [0.1, 0.15) is 0 Å². The van der Waals surface area contributed by atoms with Gasteiger partial charge in [0.15, 0.2) is 0 Å². The van der Waals surface area contributed by atoms with Crippen LogP contribution in [0.15, 0.2) is 17.5 Å². The van der Waals surface area contributed by atoms with Crippen molar-refractivity contribution in [2.24, 2.45) is 11.8 Å². The van der Waals surface area contributed by atoms with Crippen LogP contribution in [0.3, 0.4) is 0 Å². The highest BCUT2D eigenvalue weighted by Gasteiger charge is 2.36. The summed E-state index contributed by atoms with van der Waals surface area (Å²) in [5.74, 6) is 1.89. The maximum atomic E-state index is 3.85. The van der Waals surface area contributed by atoms with Gasteiger partial charge in [-0.2, -0.15) is 0 Å². The molecule has 15 heavy (non-hydrogen) atoms. The van der Waals surface area contributed by atoms with E-state index in [1.54, 1.807) is 4.88 Å². The van der Waals surface area contributed by atoms with E-state index in [2.05, 4.69) is 29.8 Å². The first-order chi connectivity index (χ1) is 7.34. The zero-order chi connectivity index (χ0) is 10.3. The molecular formula is C13H19NS. The van der Waals surface area contributed by atoms with E-state index in [4.69, 9.17) is 0 Å². The van der Waals surface area contributed by atoms with Crippen molar-refractivity contribution in [3.05, 3.63) is 22.4 Å². The molecule has 0 amide bonds. The van der Waals surface area contributed by atoms with Gasteiger partial charge in [0, 0.05) is 17.0 Å². The Kier molecular flexibility index (Phi) is 2.57. The fourth-order valence-electron chi connectivity index (χ4n) is 2.36. The summed E-state index contributed by atoms with van der Waals surface area (Å²) in [6.07, 6.45) is 5.73. The second-order valence-electron chi connectivity index (χ2n) is 5.12. The first-order valence-electron chi connectivity index (χ1n) is 6.14. The van der Waals surface area contributed by atoms with Crippen LogP contribution in [0, 0.1) is 11.8 Å². The molecule has 2 aliphatic rings. The number of rotatable bonds is 5. The zero-order valence-electron chi connectivity index (χ0n) is 9.28. The summed E-state index contributed by atoms with van der Waals surface area (Å²) in [5.41, 5.74) is 0. The molecule has 1 aromatic heterocycles. The van der Waals surface area contributed by atoms with Crippen molar-refractivity contribution in [2.45, 2.75) is 44.7 Å². The van der Waals surface area contributed by atoms with Gasteiger partial charge in [0.2, 0.25) is 0 Å². The molecular weight excluding hydrogens is 202 g/mol. The Morgan fingerprint density at radius 2 is 2.00 bits per heavy atom. The van der Waals surface area contributed by atoms with Crippen molar-refractivity contribution in [1.29, 1.82) is 0 Å². The van der Waals surface area contributed by atoms with Gasteiger partial charge in [-0.1, -0.05) is 6.07 Å². The first-order valence-corrected chi connectivity index (χ1v) is 7.02. The van der Waals surface area contributed by atoms with Crippen LogP contribution >= 0.6 is 11.3 Å². The summed E-state index contributed by atoms with van der Waals surface area (Å²) in [7, 11) is 0. The van der Waals surface area contributed by atoms with E-state index in [9.17, 15) is 0 Å². The average molecular weight is 221 g/mol. The van der Waals surface area contributed by atoms with Crippen LogP contribution in [0.25, 0.3) is 0 Å². The molecule has 1 aromatic rings. The van der Waals surface area contributed by atoms with Crippen molar-refractivity contribution in [2.75, 3.05) is 0 Å². The predicted molar refractivity (Wildman–Crippen MR) is 65.1 cm³/mol. The predicted octanol–water partition coefficient (Wildman–Crippen LogP) is 3.59. The smallest absolute Gasteiger partial charge is 0.0445 e. The van der Waals surface area contributed by atoms with Gasteiger partial charge in [-0.3, -0.25) is 0 Å². The van der Waals surface area contributed by atoms with Crippen molar-refractivity contribution in [3.8, 4) is 0 Å². The fraction of sp³-hybridized carbons (Fsp3) is 0.692. The molecule has 2 atom stereocenters. The summed E-state index contributed by atoms with van der Waals surface area (Å²) in [5, 5.41) is 6.06. The molecule has 2 aliphatic carbocycles. The van der Waals surface area contributed by atoms with E-state index in [1.807, 2.05) is 11.3 Å². The minimum absolute atomic E-state index is 0.653. The van der Waals surface area contributed by atoms with Gasteiger partial charge < -0.3 is 5.32 Å². The first kappa shape index (κ1) is 9.86. The Morgan fingerprint density at radius 3 is 2.53 bits per heavy atom. The molecule has 2 unspecified atom stereocenters. The van der Waals surface area contributed by atoms with Gasteiger partial charge in [0.05, 0.1) is 0 Å². The molecule has 1 N–H and O–H groups in total. The van der Waals surface area contributed by atoms with E-state index in [1.165, 1.54) is 25.7 Å². The van der Waals surface area contributed by atoms with Crippen LogP contribution in [0.5, 0.6) is 0 Å². The highest BCUT2D eigenvalue weighted by molar-refractivity contribution is 7.10. The molecule has 0 aromatic carbocycles. The Hall–Kier alpha value is -0.340. The largest absolute Gasteiger partial charge is 0.306 e. The van der Waals surface area contributed by atoms with Gasteiger partial charge >= 0.3 is 0 Å². The fourth-order valence-corrected chi connectivity index (χ4v) is 3.24. The van der Waals surface area contributed by atoms with Crippen molar-refractivity contribution in [1.82, 2.24) is 5.32 Å². The van der Waals surface area contributed by atoms with E-state index in [0.29, 0.717) is 6.04 Å². The van der Waals surface area contributed by atoms with Gasteiger partial charge in [-0.25, -0.2) is 0 Å². The molecule has 2 fully saturated rings. The third-order valence-electron chi connectivity index (χ3n) is 3.71. The normalized spacial score (nSPS) is 25.1. The second kappa shape index (κ2) is 3.91. The van der Waals surface area contributed by atoms with Crippen LogP contribution < -0.4 is 5.32 Å². The molecule has 0 spiro atoms. The van der Waals surface area contributed by atoms with Crippen molar-refractivity contribution >= 4 is 11.3 Å². The average Bonchev–Trinajstić information content (AvgIpc) is 3.12. The molecule has 1 nitrogen and oxygen atoms in total. The van der Waals surface area contributed by atoms with Crippen LogP contribution in [0.4, 0.5) is 0 Å². The minimum Gasteiger partial charge on any atom is -0.306 e. The quantitative estimate of drug-likeness (QED) is 0.801. The summed E-state index contributed by atoms with van der Waals surface area (Å²) < 4.78 is 0. The summed E-state index contributed by atoms with van der Waals surface area (Å²) in [6.45, 7) is 2.36. The minimum atomic E-state index is 0.653. The topological polar surface area (TPSA) is 12.0 Å². The molecule has 0 radical (unpaired) electrons. The number of hydrogen-bond acceptors (Lipinski definition) is 2. The van der Waals surface area contributed by atoms with Gasteiger partial charge in [0.25, 0.3) is 0 Å². The standard InChI is InChI=1S/C13H19NS/c1-9(10-4-5-10)14-13(11-6-7-11)12-3-2-8-15-12/h2-3,8-11,13-14H,4-7H2,1H3. The van der Waals surface area contributed by atoms with E-state index in [-0.39, 0.29) is 0 Å². The number of hydrogen-bond donors (Lipinski definition) is 1. The third-order valence-corrected chi connectivity index (χ3v) is 4.67. The summed E-state index contributed by atoms with van der Waals surface area (Å²) >= 11 is 1.91. The molecule has 1 heterocycles. The van der Waals surface area contributed by atoms with Gasteiger partial charge in [-0.15, -0.1) is 11.3 Å². The van der Waals surface area contributed by atoms with Crippen LogP contribution in [-0.2, 0) is 0 Å². The second-order valence-corrected chi connectivity index (χ2v) is 6.10. The lowest BCUT2D eigenvalue weighted by Crippen LogP contribution is -2.32. The Morgan fingerprint density at radius 1 is 1.27 bits per heavy atom. The molecule has 2 saturated carbocycles. The summed E-state index contributed by atoms with van der Waals surface area (Å²) in [4.78, 5) is 1.55. The number of thiophene rings is 1. The monoisotopic (exact) mass is 221 g/mol. The summed E-state index contributed by atoms with van der Waals surface area (Å²) in [6, 6.07) is 5.84. The Labute approximate surface area is 95.9 Å². The number of nitrogens with one attached hydrogen (secondary N) is 1. The van der Waals surface area contributed by atoms with Crippen LogP contribution in [0.2, 0.25) is 0 Å². The molecule has 0 saturated heterocycles. The maximum Gasteiger partial charge on any atom is 0.0445 e. The lowest BCUT2D eigenvalue weighted by Gasteiger charge is -2.22. The van der Waals surface area contributed by atoms with Crippen molar-refractivity contribution < 1.29 is 0 Å². The zero-order valence-corrected chi connectivity index (χ0v) is 10.1. The van der Waals surface area contributed by atoms with Crippen LogP contribution in [-0.4, -0.2) is 6.04 Å². The Bertz CT molecular complexity index is 311. The van der Waals surface area contributed by atoms with Crippen LogP contribution in [0.1, 0.15) is 43.5 Å². The Balaban J connectivity index is 1.67. The lowest BCUT2D eigenvalue weighted by molar-refractivity contribution is 0.397. The molecule has 3 rings (SSSR count). The SMILES string of the molecule is CC(NC(c1cccs1)C1CC1)C1CC1. The maximum absolute atomic E-state index is 3.85. The highest BCUT2D eigenvalue weighted by Crippen LogP contribution is 2.44.